The van der Waals surface area contributed by atoms with E-state index in [0.717, 1.165) is 16.5 Å². The molecule has 0 spiro atoms. The lowest BCUT2D eigenvalue weighted by Crippen LogP contribution is -1.93. The zero-order valence-corrected chi connectivity index (χ0v) is 11.9. The molecule has 0 amide bonds. The Morgan fingerprint density at radius 3 is 1.84 bits per heavy atom. The summed E-state index contributed by atoms with van der Waals surface area (Å²) in [6, 6.07) is 16.1. The van der Waals surface area contributed by atoms with E-state index >= 15 is 0 Å². The number of benzene rings is 2. The summed E-state index contributed by atoms with van der Waals surface area (Å²) < 4.78 is 0. The zero-order valence-electron chi connectivity index (χ0n) is 10.3. The van der Waals surface area contributed by atoms with Crippen LogP contribution in [0.4, 0.5) is 0 Å². The van der Waals surface area contributed by atoms with Gasteiger partial charge in [-0.2, -0.15) is 0 Å². The lowest BCUT2D eigenvalue weighted by atomic mass is 10.1. The predicted octanol–water partition coefficient (Wildman–Crippen LogP) is 3.46. The molecule has 0 aromatic heterocycles. The normalized spacial score (nSPS) is 9.37. The summed E-state index contributed by atoms with van der Waals surface area (Å²) in [6.45, 7) is 0.127. The van der Waals surface area contributed by atoms with Gasteiger partial charge in [-0.3, -0.25) is 0 Å². The number of aliphatic hydroxyl groups excluding tert-OH is 1. The van der Waals surface area contributed by atoms with Gasteiger partial charge in [-0.05, 0) is 23.3 Å². The van der Waals surface area contributed by atoms with Crippen LogP contribution in [0.3, 0.4) is 0 Å². The third-order valence-electron chi connectivity index (χ3n) is 2.45. The number of halogens is 1. The molecule has 0 fully saturated rings. The largest absolute Gasteiger partial charge is 0.478 e. The van der Waals surface area contributed by atoms with Gasteiger partial charge in [0, 0.05) is 5.33 Å². The number of carboxylic acid groups (broad SMARTS) is 1. The summed E-state index contributed by atoms with van der Waals surface area (Å²) in [4.78, 5) is 10.2. The van der Waals surface area contributed by atoms with Crippen molar-refractivity contribution in [2.75, 3.05) is 0 Å². The molecule has 0 radical (unpaired) electrons. The van der Waals surface area contributed by atoms with Gasteiger partial charge in [0.25, 0.3) is 0 Å². The highest BCUT2D eigenvalue weighted by atomic mass is 79.9. The van der Waals surface area contributed by atoms with Gasteiger partial charge in [0.2, 0.25) is 0 Å². The van der Waals surface area contributed by atoms with Crippen molar-refractivity contribution in [3.8, 4) is 0 Å². The van der Waals surface area contributed by atoms with E-state index in [1.165, 1.54) is 0 Å². The van der Waals surface area contributed by atoms with Crippen LogP contribution < -0.4 is 0 Å². The maximum absolute atomic E-state index is 10.2. The quantitative estimate of drug-likeness (QED) is 0.851. The smallest absolute Gasteiger partial charge is 0.335 e. The van der Waals surface area contributed by atoms with Crippen LogP contribution in [0.15, 0.2) is 54.6 Å². The molecule has 2 N–H and O–H groups in total. The van der Waals surface area contributed by atoms with Crippen molar-refractivity contribution in [3.63, 3.8) is 0 Å². The van der Waals surface area contributed by atoms with Crippen LogP contribution in [0, 0.1) is 0 Å². The molecule has 100 valence electrons. The highest BCUT2D eigenvalue weighted by molar-refractivity contribution is 9.08. The van der Waals surface area contributed by atoms with Crippen molar-refractivity contribution in [2.24, 2.45) is 0 Å². The summed E-state index contributed by atoms with van der Waals surface area (Å²) in [5, 5.41) is 18.0. The number of rotatable bonds is 3. The van der Waals surface area contributed by atoms with Gasteiger partial charge in [0.1, 0.15) is 0 Å². The summed E-state index contributed by atoms with van der Waals surface area (Å²) in [5.41, 5.74) is 2.49. The molecule has 0 heterocycles. The Balaban J connectivity index is 0.000000191. The highest BCUT2D eigenvalue weighted by Crippen LogP contribution is 2.11. The summed E-state index contributed by atoms with van der Waals surface area (Å²) in [7, 11) is 0. The average molecular weight is 323 g/mol. The lowest BCUT2D eigenvalue weighted by Gasteiger charge is -2.01. The molecule has 0 aliphatic heterocycles. The van der Waals surface area contributed by atoms with Crippen LogP contribution in [0.5, 0.6) is 0 Å². The van der Waals surface area contributed by atoms with E-state index < -0.39 is 5.97 Å². The van der Waals surface area contributed by atoms with Gasteiger partial charge < -0.3 is 10.2 Å². The van der Waals surface area contributed by atoms with Gasteiger partial charge in [-0.25, -0.2) is 4.79 Å². The van der Waals surface area contributed by atoms with Gasteiger partial charge in [-0.1, -0.05) is 58.4 Å². The Kier molecular flexibility index (Phi) is 6.85. The van der Waals surface area contributed by atoms with Crippen molar-refractivity contribution in [1.82, 2.24) is 0 Å². The molecule has 3 nitrogen and oxygen atoms in total. The van der Waals surface area contributed by atoms with Gasteiger partial charge in [0.05, 0.1) is 12.2 Å². The molecule has 2 aromatic rings. The molecule has 0 saturated heterocycles. The number of alkyl halides is 1. The molecular formula is C15H15BrO3. The summed E-state index contributed by atoms with van der Waals surface area (Å²) in [6.07, 6.45) is 0. The number of hydrogen-bond acceptors (Lipinski definition) is 2. The number of aromatic carboxylic acids is 1. The molecule has 0 bridgehead atoms. The summed E-state index contributed by atoms with van der Waals surface area (Å²) >= 11 is 3.34. The van der Waals surface area contributed by atoms with E-state index in [9.17, 15) is 4.79 Å². The molecular weight excluding hydrogens is 308 g/mol. The predicted molar refractivity (Wildman–Crippen MR) is 78.4 cm³/mol. The molecule has 0 saturated carbocycles. The molecule has 2 aromatic carbocycles. The van der Waals surface area contributed by atoms with E-state index in [-0.39, 0.29) is 6.61 Å². The second-order valence-electron chi connectivity index (χ2n) is 3.73. The maximum Gasteiger partial charge on any atom is 0.335 e. The van der Waals surface area contributed by atoms with Crippen molar-refractivity contribution >= 4 is 21.9 Å². The van der Waals surface area contributed by atoms with Gasteiger partial charge in [0.15, 0.2) is 0 Å². The van der Waals surface area contributed by atoms with Crippen LogP contribution in [0.1, 0.15) is 21.5 Å². The van der Waals surface area contributed by atoms with E-state index in [2.05, 4.69) is 15.9 Å². The molecule has 0 aliphatic carbocycles. The van der Waals surface area contributed by atoms with E-state index in [1.807, 2.05) is 24.3 Å². The second kappa shape index (κ2) is 8.45. The Bertz CT molecular complexity index is 489. The standard InChI is InChI=1S/C8H9BrO.C7H6O2/c9-5-7-3-1-2-4-8(7)6-10;8-7(9)6-4-2-1-3-5-6/h1-4,10H,5-6H2;1-5H,(H,8,9). The molecule has 0 atom stereocenters. The second-order valence-corrected chi connectivity index (χ2v) is 4.29. The molecule has 4 heteroatoms. The number of hydrogen-bond donors (Lipinski definition) is 2. The van der Waals surface area contributed by atoms with E-state index in [4.69, 9.17) is 10.2 Å². The SMILES string of the molecule is O=C(O)c1ccccc1.OCc1ccccc1CBr. The van der Waals surface area contributed by atoms with Crippen molar-refractivity contribution in [2.45, 2.75) is 11.9 Å². The first-order chi connectivity index (χ1) is 9.19. The number of carboxylic acids is 1. The molecule has 0 unspecified atom stereocenters. The van der Waals surface area contributed by atoms with E-state index in [1.54, 1.807) is 30.3 Å². The van der Waals surface area contributed by atoms with Gasteiger partial charge >= 0.3 is 5.97 Å². The average Bonchev–Trinajstić information content (AvgIpc) is 2.48. The third kappa shape index (κ3) is 5.24. The maximum atomic E-state index is 10.2. The zero-order chi connectivity index (χ0) is 14.1. The fourth-order valence-corrected chi connectivity index (χ4v) is 1.97. The highest BCUT2D eigenvalue weighted by Gasteiger charge is 1.97. The summed E-state index contributed by atoms with van der Waals surface area (Å²) in [5.74, 6) is -0.879. The molecule has 2 rings (SSSR count). The minimum Gasteiger partial charge on any atom is -0.478 e. The fourth-order valence-electron chi connectivity index (χ4n) is 1.42. The number of aliphatic hydroxyl groups is 1. The van der Waals surface area contributed by atoms with Crippen molar-refractivity contribution in [1.29, 1.82) is 0 Å². The van der Waals surface area contributed by atoms with Crippen LogP contribution in [0.2, 0.25) is 0 Å². The Hall–Kier alpha value is -1.65. The fraction of sp³-hybridized carbons (Fsp3) is 0.133. The van der Waals surface area contributed by atoms with Crippen LogP contribution >= 0.6 is 15.9 Å². The first-order valence-corrected chi connectivity index (χ1v) is 6.83. The van der Waals surface area contributed by atoms with Crippen LogP contribution in [-0.2, 0) is 11.9 Å². The van der Waals surface area contributed by atoms with E-state index in [0.29, 0.717) is 5.56 Å². The third-order valence-corrected chi connectivity index (χ3v) is 3.06. The minimum absolute atomic E-state index is 0.127. The van der Waals surface area contributed by atoms with Gasteiger partial charge in [-0.15, -0.1) is 0 Å². The molecule has 19 heavy (non-hydrogen) atoms. The first kappa shape index (κ1) is 15.4. The Morgan fingerprint density at radius 2 is 1.47 bits per heavy atom. The first-order valence-electron chi connectivity index (χ1n) is 5.71. The Labute approximate surface area is 120 Å². The monoisotopic (exact) mass is 322 g/mol. The van der Waals surface area contributed by atoms with Crippen molar-refractivity contribution < 1.29 is 15.0 Å². The van der Waals surface area contributed by atoms with Crippen molar-refractivity contribution in [3.05, 3.63) is 71.3 Å². The number of carbonyl (C=O) groups is 1. The minimum atomic E-state index is -0.879. The van der Waals surface area contributed by atoms with Crippen LogP contribution in [0.25, 0.3) is 0 Å². The van der Waals surface area contributed by atoms with Crippen LogP contribution in [-0.4, -0.2) is 16.2 Å². The Morgan fingerprint density at radius 1 is 0.947 bits per heavy atom. The lowest BCUT2D eigenvalue weighted by molar-refractivity contribution is 0.0697. The molecule has 0 aliphatic rings. The topological polar surface area (TPSA) is 57.5 Å².